The van der Waals surface area contributed by atoms with Crippen molar-refractivity contribution < 1.29 is 14.3 Å². The number of fused-ring (bicyclic) bond motifs is 3. The molecule has 3 aliphatic rings. The zero-order valence-corrected chi connectivity index (χ0v) is 14.0. The van der Waals surface area contributed by atoms with Gasteiger partial charge in [-0.15, -0.1) is 0 Å². The van der Waals surface area contributed by atoms with Crippen LogP contribution >= 0.6 is 0 Å². The van der Waals surface area contributed by atoms with Crippen molar-refractivity contribution in [2.45, 2.75) is 25.3 Å². The molecule has 0 bridgehead atoms. The van der Waals surface area contributed by atoms with Gasteiger partial charge in [0.05, 0.1) is 13.7 Å². The number of amides is 3. The van der Waals surface area contributed by atoms with Gasteiger partial charge >= 0.3 is 6.03 Å². The van der Waals surface area contributed by atoms with E-state index in [1.165, 1.54) is 16.0 Å². The number of benzene rings is 1. The van der Waals surface area contributed by atoms with E-state index in [0.29, 0.717) is 18.5 Å². The fraction of sp³-hybridized carbons (Fsp3) is 0.556. The predicted octanol–water partition coefficient (Wildman–Crippen LogP) is 1.56. The van der Waals surface area contributed by atoms with Crippen LogP contribution in [0.25, 0.3) is 0 Å². The molecule has 2 saturated heterocycles. The minimum absolute atomic E-state index is 0.101. The molecule has 24 heavy (non-hydrogen) atoms. The number of ether oxygens (including phenoxy) is 1. The van der Waals surface area contributed by atoms with Crippen LogP contribution in [0.5, 0.6) is 5.75 Å². The Morgan fingerprint density at radius 2 is 2.17 bits per heavy atom. The van der Waals surface area contributed by atoms with Gasteiger partial charge in [-0.05, 0) is 55.0 Å². The van der Waals surface area contributed by atoms with Crippen LogP contribution in [0.3, 0.4) is 0 Å². The van der Waals surface area contributed by atoms with Crippen molar-refractivity contribution in [2.24, 2.45) is 5.92 Å². The van der Waals surface area contributed by atoms with Gasteiger partial charge in [0.15, 0.2) is 0 Å². The molecule has 4 rings (SSSR count). The highest BCUT2D eigenvalue weighted by molar-refractivity contribution is 6.01. The summed E-state index contributed by atoms with van der Waals surface area (Å²) in [6.07, 6.45) is 3.09. The number of piperidine rings is 1. The molecule has 6 nitrogen and oxygen atoms in total. The molecule has 2 fully saturated rings. The van der Waals surface area contributed by atoms with Gasteiger partial charge in [0.1, 0.15) is 5.75 Å². The maximum atomic E-state index is 11.8. The molecule has 1 N–H and O–H groups in total. The lowest BCUT2D eigenvalue weighted by atomic mass is 9.82. The molecule has 0 saturated carbocycles. The van der Waals surface area contributed by atoms with E-state index in [0.717, 1.165) is 38.1 Å². The van der Waals surface area contributed by atoms with Gasteiger partial charge in [-0.3, -0.25) is 14.6 Å². The summed E-state index contributed by atoms with van der Waals surface area (Å²) in [4.78, 5) is 27.5. The highest BCUT2D eigenvalue weighted by Gasteiger charge is 2.37. The Morgan fingerprint density at radius 1 is 1.29 bits per heavy atom. The third kappa shape index (κ3) is 2.65. The predicted molar refractivity (Wildman–Crippen MR) is 88.8 cm³/mol. The number of nitrogens with zero attached hydrogens (tertiary/aromatic N) is 2. The minimum atomic E-state index is -0.240. The first kappa shape index (κ1) is 15.4. The summed E-state index contributed by atoms with van der Waals surface area (Å²) in [7, 11) is 1.70. The largest absolute Gasteiger partial charge is 0.497 e. The molecule has 6 heteroatoms. The Hall–Kier alpha value is -2.08. The quantitative estimate of drug-likeness (QED) is 0.855. The normalized spacial score (nSPS) is 26.8. The summed E-state index contributed by atoms with van der Waals surface area (Å²) in [6.45, 7) is 2.79. The number of methoxy groups -OCH3 is 1. The number of carbonyl (C=O) groups is 2. The second kappa shape index (κ2) is 6.09. The van der Waals surface area contributed by atoms with Crippen molar-refractivity contribution in [2.75, 3.05) is 33.3 Å². The van der Waals surface area contributed by atoms with Gasteiger partial charge in [-0.1, -0.05) is 6.07 Å². The highest BCUT2D eigenvalue weighted by Crippen LogP contribution is 2.40. The van der Waals surface area contributed by atoms with E-state index < -0.39 is 0 Å². The van der Waals surface area contributed by atoms with Crippen LogP contribution in [0.4, 0.5) is 4.79 Å². The molecule has 3 aliphatic heterocycles. The molecule has 2 atom stereocenters. The average Bonchev–Trinajstić information content (AvgIpc) is 2.93. The summed E-state index contributed by atoms with van der Waals surface area (Å²) in [5.74, 6) is 1.18. The van der Waals surface area contributed by atoms with Crippen LogP contribution in [0, 0.1) is 5.92 Å². The smallest absolute Gasteiger partial charge is 0.324 e. The van der Waals surface area contributed by atoms with E-state index in [1.54, 1.807) is 7.11 Å². The topological polar surface area (TPSA) is 61.9 Å². The Labute approximate surface area is 141 Å². The van der Waals surface area contributed by atoms with Crippen LogP contribution in [0.15, 0.2) is 18.2 Å². The number of urea groups is 1. The van der Waals surface area contributed by atoms with E-state index >= 15 is 0 Å². The molecule has 0 aromatic heterocycles. The van der Waals surface area contributed by atoms with Gasteiger partial charge in [-0.2, -0.15) is 0 Å². The number of hydrogen-bond acceptors (Lipinski definition) is 4. The highest BCUT2D eigenvalue weighted by atomic mass is 16.5. The fourth-order valence-corrected chi connectivity index (χ4v) is 4.26. The zero-order chi connectivity index (χ0) is 16.7. The van der Waals surface area contributed by atoms with Gasteiger partial charge < -0.3 is 10.1 Å². The number of rotatable bonds is 3. The van der Waals surface area contributed by atoms with Crippen molar-refractivity contribution in [1.82, 2.24) is 15.1 Å². The van der Waals surface area contributed by atoms with Gasteiger partial charge in [-0.25, -0.2) is 4.79 Å². The first-order valence-corrected chi connectivity index (χ1v) is 8.65. The van der Waals surface area contributed by atoms with Crippen LogP contribution in [-0.2, 0) is 11.2 Å². The molecule has 3 heterocycles. The van der Waals surface area contributed by atoms with E-state index in [4.69, 9.17) is 4.74 Å². The van der Waals surface area contributed by atoms with E-state index in [9.17, 15) is 9.59 Å². The molecule has 0 spiro atoms. The van der Waals surface area contributed by atoms with Crippen LogP contribution in [0.1, 0.15) is 30.0 Å². The summed E-state index contributed by atoms with van der Waals surface area (Å²) >= 11 is 0. The van der Waals surface area contributed by atoms with Gasteiger partial charge in [0.2, 0.25) is 5.91 Å². The van der Waals surface area contributed by atoms with Crippen LogP contribution in [-0.4, -0.2) is 55.0 Å². The number of carbonyl (C=O) groups excluding carboxylic acids is 2. The minimum Gasteiger partial charge on any atom is -0.497 e. The molecule has 0 radical (unpaired) electrons. The Balaban J connectivity index is 1.51. The lowest BCUT2D eigenvalue weighted by Gasteiger charge is -2.44. The average molecular weight is 329 g/mol. The number of imide groups is 1. The summed E-state index contributed by atoms with van der Waals surface area (Å²) in [5.41, 5.74) is 2.75. The van der Waals surface area contributed by atoms with Gasteiger partial charge in [0, 0.05) is 19.1 Å². The Kier molecular flexibility index (Phi) is 3.92. The van der Waals surface area contributed by atoms with Crippen molar-refractivity contribution in [3.63, 3.8) is 0 Å². The van der Waals surface area contributed by atoms with Crippen molar-refractivity contribution in [1.29, 1.82) is 0 Å². The molecule has 128 valence electrons. The van der Waals surface area contributed by atoms with Crippen molar-refractivity contribution in [3.05, 3.63) is 29.3 Å². The molecule has 0 aliphatic carbocycles. The van der Waals surface area contributed by atoms with Gasteiger partial charge in [0.25, 0.3) is 0 Å². The Morgan fingerprint density at radius 3 is 2.92 bits per heavy atom. The molecule has 1 aromatic rings. The van der Waals surface area contributed by atoms with Crippen molar-refractivity contribution >= 4 is 11.9 Å². The summed E-state index contributed by atoms with van der Waals surface area (Å²) in [6, 6.07) is 6.51. The number of hydrogen-bond donors (Lipinski definition) is 1. The second-order valence-electron chi connectivity index (χ2n) is 6.92. The Bertz CT molecular complexity index is 659. The monoisotopic (exact) mass is 329 g/mol. The molecule has 1 aromatic carbocycles. The SMILES string of the molecule is COc1ccc2c(c1)CCN1CC[C@H](CN3C(=O)CNC3=O)C[C@@H]21. The van der Waals surface area contributed by atoms with E-state index in [1.807, 2.05) is 6.07 Å². The number of nitrogens with one attached hydrogen (secondary N) is 1. The third-order valence-electron chi connectivity index (χ3n) is 5.58. The lowest BCUT2D eigenvalue weighted by molar-refractivity contribution is -0.125. The molecule has 0 unspecified atom stereocenters. The first-order valence-electron chi connectivity index (χ1n) is 8.65. The van der Waals surface area contributed by atoms with Crippen LogP contribution in [0.2, 0.25) is 0 Å². The molecular weight excluding hydrogens is 306 g/mol. The van der Waals surface area contributed by atoms with E-state index in [-0.39, 0.29) is 18.5 Å². The van der Waals surface area contributed by atoms with Crippen molar-refractivity contribution in [3.8, 4) is 5.75 Å². The second-order valence-corrected chi connectivity index (χ2v) is 6.92. The lowest BCUT2D eigenvalue weighted by Crippen LogP contribution is -2.45. The summed E-state index contributed by atoms with van der Waals surface area (Å²) < 4.78 is 5.35. The maximum Gasteiger partial charge on any atom is 0.324 e. The first-order chi connectivity index (χ1) is 11.7. The zero-order valence-electron chi connectivity index (χ0n) is 14.0. The fourth-order valence-electron chi connectivity index (χ4n) is 4.26. The van der Waals surface area contributed by atoms with E-state index in [2.05, 4.69) is 22.3 Å². The standard InChI is InChI=1S/C18H23N3O3/c1-24-14-2-3-15-13(9-14)5-7-20-6-4-12(8-16(15)20)11-21-17(22)10-19-18(21)23/h2-3,9,12,16H,4-8,10-11H2,1H3,(H,19,23)/t12-,16-/m0/s1. The van der Waals surface area contributed by atoms with Crippen LogP contribution < -0.4 is 10.1 Å². The molecule has 3 amide bonds. The summed E-state index contributed by atoms with van der Waals surface area (Å²) in [5, 5.41) is 2.61. The third-order valence-corrected chi connectivity index (χ3v) is 5.58. The molecular formula is C18H23N3O3. The maximum absolute atomic E-state index is 11.8.